The summed E-state index contributed by atoms with van der Waals surface area (Å²) in [5.74, 6) is -1.06. The Morgan fingerprint density at radius 3 is 2.28 bits per heavy atom. The SMILES string of the molecule is CCCCOC(=O)c1ccc(NC(=O)CN(c2cc(Cl)ccc2Cl)S(=O)(=O)c2ccc(C)cc2)cc1. The van der Waals surface area contributed by atoms with E-state index in [-0.39, 0.29) is 20.6 Å². The van der Waals surface area contributed by atoms with Crippen molar-refractivity contribution in [3.05, 3.63) is 87.9 Å². The van der Waals surface area contributed by atoms with E-state index in [2.05, 4.69) is 5.32 Å². The summed E-state index contributed by atoms with van der Waals surface area (Å²) in [6.45, 7) is 3.62. The zero-order valence-corrected chi connectivity index (χ0v) is 22.2. The predicted molar refractivity (Wildman–Crippen MR) is 142 cm³/mol. The Kier molecular flexibility index (Phi) is 9.37. The molecule has 10 heteroatoms. The molecule has 0 atom stereocenters. The maximum atomic E-state index is 13.5. The summed E-state index contributed by atoms with van der Waals surface area (Å²) in [4.78, 5) is 25.0. The molecule has 0 unspecified atom stereocenters. The van der Waals surface area contributed by atoms with E-state index < -0.39 is 28.4 Å². The maximum Gasteiger partial charge on any atom is 0.338 e. The molecule has 1 N–H and O–H groups in total. The number of rotatable bonds is 10. The predicted octanol–water partition coefficient (Wildman–Crippen LogP) is 6.09. The van der Waals surface area contributed by atoms with Crippen molar-refractivity contribution in [3.8, 4) is 0 Å². The molecule has 1 amide bonds. The molecular weight excluding hydrogens is 523 g/mol. The molecule has 0 fully saturated rings. The molecule has 0 saturated heterocycles. The average molecular weight is 549 g/mol. The van der Waals surface area contributed by atoms with Crippen LogP contribution < -0.4 is 9.62 Å². The molecule has 36 heavy (non-hydrogen) atoms. The smallest absolute Gasteiger partial charge is 0.338 e. The average Bonchev–Trinajstić information content (AvgIpc) is 2.85. The number of sulfonamides is 1. The van der Waals surface area contributed by atoms with Crippen molar-refractivity contribution in [1.82, 2.24) is 0 Å². The molecule has 0 spiro atoms. The van der Waals surface area contributed by atoms with E-state index >= 15 is 0 Å². The zero-order chi connectivity index (χ0) is 26.3. The summed E-state index contributed by atoms with van der Waals surface area (Å²) in [6.07, 6.45) is 1.69. The van der Waals surface area contributed by atoms with Gasteiger partial charge in [0.05, 0.1) is 27.8 Å². The van der Waals surface area contributed by atoms with Gasteiger partial charge in [0.1, 0.15) is 6.54 Å². The van der Waals surface area contributed by atoms with E-state index in [1.54, 1.807) is 24.3 Å². The number of halogens is 2. The standard InChI is InChI=1S/C26H26Cl2N2O5S/c1-3-4-15-35-26(32)19-7-10-21(11-8-19)29-25(31)17-30(24-16-20(27)9-14-23(24)28)36(33,34)22-12-5-18(2)6-13-22/h5-14,16H,3-4,15,17H2,1-2H3,(H,29,31). The number of anilines is 2. The van der Waals surface area contributed by atoms with Gasteiger partial charge >= 0.3 is 5.97 Å². The number of benzene rings is 3. The fraction of sp³-hybridized carbons (Fsp3) is 0.231. The minimum atomic E-state index is -4.16. The van der Waals surface area contributed by atoms with Gasteiger partial charge in [-0.05, 0) is 67.9 Å². The number of esters is 1. The first-order chi connectivity index (χ1) is 17.1. The fourth-order valence-electron chi connectivity index (χ4n) is 3.23. The van der Waals surface area contributed by atoms with Crippen LogP contribution in [0.2, 0.25) is 10.0 Å². The number of carbonyl (C=O) groups excluding carboxylic acids is 2. The molecule has 0 aliphatic carbocycles. The zero-order valence-electron chi connectivity index (χ0n) is 19.8. The van der Waals surface area contributed by atoms with Crippen molar-refractivity contribution in [1.29, 1.82) is 0 Å². The number of aryl methyl sites for hydroxylation is 1. The lowest BCUT2D eigenvalue weighted by Gasteiger charge is -2.25. The highest BCUT2D eigenvalue weighted by molar-refractivity contribution is 7.92. The summed E-state index contributed by atoms with van der Waals surface area (Å²) in [6, 6.07) is 16.8. The summed E-state index contributed by atoms with van der Waals surface area (Å²) in [5, 5.41) is 3.04. The number of amides is 1. The summed E-state index contributed by atoms with van der Waals surface area (Å²) in [5.41, 5.74) is 1.69. The molecule has 0 bridgehead atoms. The van der Waals surface area contributed by atoms with Crippen LogP contribution >= 0.6 is 23.2 Å². The molecular formula is C26H26Cl2N2O5S. The highest BCUT2D eigenvalue weighted by atomic mass is 35.5. The van der Waals surface area contributed by atoms with Crippen LogP contribution in [0.3, 0.4) is 0 Å². The second kappa shape index (κ2) is 12.3. The third kappa shape index (κ3) is 7.00. The van der Waals surface area contributed by atoms with Crippen LogP contribution in [-0.2, 0) is 19.6 Å². The fourth-order valence-corrected chi connectivity index (χ4v) is 5.09. The second-order valence-corrected chi connectivity index (χ2v) is 10.7. The van der Waals surface area contributed by atoms with Crippen LogP contribution in [0.4, 0.5) is 11.4 Å². The number of ether oxygens (including phenoxy) is 1. The monoisotopic (exact) mass is 548 g/mol. The van der Waals surface area contributed by atoms with Crippen molar-refractivity contribution in [3.63, 3.8) is 0 Å². The first kappa shape index (κ1) is 27.5. The molecule has 0 heterocycles. The van der Waals surface area contributed by atoms with E-state index in [4.69, 9.17) is 27.9 Å². The third-order valence-electron chi connectivity index (χ3n) is 5.21. The number of carbonyl (C=O) groups is 2. The van der Waals surface area contributed by atoms with Crippen LogP contribution in [0.1, 0.15) is 35.7 Å². The van der Waals surface area contributed by atoms with E-state index in [1.807, 2.05) is 13.8 Å². The Bertz CT molecular complexity index is 1330. The largest absolute Gasteiger partial charge is 0.462 e. The van der Waals surface area contributed by atoms with Crippen LogP contribution in [0.5, 0.6) is 0 Å². The lowest BCUT2D eigenvalue weighted by Crippen LogP contribution is -2.38. The third-order valence-corrected chi connectivity index (χ3v) is 7.54. The van der Waals surface area contributed by atoms with Crippen LogP contribution in [0, 0.1) is 6.92 Å². The first-order valence-corrected chi connectivity index (χ1v) is 13.4. The topological polar surface area (TPSA) is 92.8 Å². The van der Waals surface area contributed by atoms with E-state index in [0.717, 1.165) is 22.7 Å². The lowest BCUT2D eigenvalue weighted by molar-refractivity contribution is -0.114. The summed E-state index contributed by atoms with van der Waals surface area (Å²) >= 11 is 12.4. The highest BCUT2D eigenvalue weighted by Gasteiger charge is 2.29. The number of hydrogen-bond donors (Lipinski definition) is 1. The van der Waals surface area contributed by atoms with Crippen molar-refractivity contribution in [2.45, 2.75) is 31.6 Å². The minimum absolute atomic E-state index is 0.00267. The van der Waals surface area contributed by atoms with Gasteiger partial charge in [-0.2, -0.15) is 0 Å². The van der Waals surface area contributed by atoms with E-state index in [1.165, 1.54) is 42.5 Å². The van der Waals surface area contributed by atoms with Crippen molar-refractivity contribution < 1.29 is 22.7 Å². The molecule has 0 aromatic heterocycles. The van der Waals surface area contributed by atoms with Gasteiger partial charge in [-0.3, -0.25) is 9.10 Å². The summed E-state index contributed by atoms with van der Waals surface area (Å²) < 4.78 is 33.1. The van der Waals surface area contributed by atoms with Gasteiger partial charge in [0.15, 0.2) is 0 Å². The Hall–Kier alpha value is -3.07. The normalized spacial score (nSPS) is 11.1. The Balaban J connectivity index is 1.83. The van der Waals surface area contributed by atoms with Crippen molar-refractivity contribution in [2.75, 3.05) is 22.8 Å². The molecule has 3 aromatic rings. The molecule has 3 rings (SSSR count). The summed E-state index contributed by atoms with van der Waals surface area (Å²) in [7, 11) is -4.16. The Morgan fingerprint density at radius 1 is 0.972 bits per heavy atom. The minimum Gasteiger partial charge on any atom is -0.462 e. The molecule has 0 aliphatic heterocycles. The molecule has 7 nitrogen and oxygen atoms in total. The quantitative estimate of drug-likeness (QED) is 0.244. The number of unbranched alkanes of at least 4 members (excludes halogenated alkanes) is 1. The van der Waals surface area contributed by atoms with Crippen molar-refractivity contribution in [2.24, 2.45) is 0 Å². The number of nitrogens with zero attached hydrogens (tertiary/aromatic N) is 1. The van der Waals surface area contributed by atoms with Gasteiger partial charge in [-0.15, -0.1) is 0 Å². The number of nitrogens with one attached hydrogen (secondary N) is 1. The van der Waals surface area contributed by atoms with E-state index in [0.29, 0.717) is 17.9 Å². The van der Waals surface area contributed by atoms with Gasteiger partial charge < -0.3 is 10.1 Å². The van der Waals surface area contributed by atoms with Crippen LogP contribution in [0.25, 0.3) is 0 Å². The number of hydrogen-bond acceptors (Lipinski definition) is 5. The van der Waals surface area contributed by atoms with Crippen LogP contribution in [-0.4, -0.2) is 33.4 Å². The molecule has 0 aliphatic rings. The highest BCUT2D eigenvalue weighted by Crippen LogP contribution is 2.33. The molecule has 0 saturated carbocycles. The van der Waals surface area contributed by atoms with E-state index in [9.17, 15) is 18.0 Å². The van der Waals surface area contributed by atoms with Gasteiger partial charge in [0.2, 0.25) is 5.91 Å². The van der Waals surface area contributed by atoms with Gasteiger partial charge in [0.25, 0.3) is 10.0 Å². The van der Waals surface area contributed by atoms with Gasteiger partial charge in [-0.25, -0.2) is 13.2 Å². The molecule has 190 valence electrons. The van der Waals surface area contributed by atoms with Crippen molar-refractivity contribution >= 4 is 56.5 Å². The Labute approximate surface area is 221 Å². The second-order valence-electron chi connectivity index (χ2n) is 8.04. The lowest BCUT2D eigenvalue weighted by atomic mass is 10.2. The molecule has 0 radical (unpaired) electrons. The first-order valence-electron chi connectivity index (χ1n) is 11.2. The molecule has 3 aromatic carbocycles. The maximum absolute atomic E-state index is 13.5. The Morgan fingerprint density at radius 2 is 1.64 bits per heavy atom. The van der Waals surface area contributed by atoms with Gasteiger partial charge in [-0.1, -0.05) is 54.2 Å². The van der Waals surface area contributed by atoms with Gasteiger partial charge in [0, 0.05) is 10.7 Å². The van der Waals surface area contributed by atoms with Crippen LogP contribution in [0.15, 0.2) is 71.6 Å².